The van der Waals surface area contributed by atoms with Crippen LogP contribution < -0.4 is 0 Å². The van der Waals surface area contributed by atoms with E-state index in [2.05, 4.69) is 0 Å². The van der Waals surface area contributed by atoms with E-state index >= 15 is 0 Å². The molecule has 2 aliphatic rings. The second-order valence-corrected chi connectivity index (χ2v) is 4.48. The quantitative estimate of drug-likeness (QED) is 0.643. The first-order valence-electron chi connectivity index (χ1n) is 5.94. The van der Waals surface area contributed by atoms with Crippen LogP contribution in [0.25, 0.3) is 0 Å². The summed E-state index contributed by atoms with van der Waals surface area (Å²) >= 11 is 0. The molecule has 0 N–H and O–H groups in total. The standard InChI is InChI=1S/C11H16N2O4/c1-8-4-2-3-7-12(8)11(16)17-13-9(14)5-6-10(13)15/h8H,2-7H2,1H3/t8-/m0/s1. The van der Waals surface area contributed by atoms with E-state index in [4.69, 9.17) is 4.84 Å². The second kappa shape index (κ2) is 4.73. The Hall–Kier alpha value is -1.59. The number of rotatable bonds is 1. The molecule has 0 aromatic rings. The zero-order valence-corrected chi connectivity index (χ0v) is 9.85. The molecule has 2 fully saturated rings. The van der Waals surface area contributed by atoms with Gasteiger partial charge in [-0.25, -0.2) is 4.79 Å². The maximum absolute atomic E-state index is 11.8. The Morgan fingerprint density at radius 1 is 1.24 bits per heavy atom. The van der Waals surface area contributed by atoms with Gasteiger partial charge >= 0.3 is 6.09 Å². The van der Waals surface area contributed by atoms with E-state index in [9.17, 15) is 14.4 Å². The van der Waals surface area contributed by atoms with Gasteiger partial charge < -0.3 is 9.74 Å². The maximum atomic E-state index is 11.8. The third kappa shape index (κ3) is 2.40. The summed E-state index contributed by atoms with van der Waals surface area (Å²) in [5, 5.41) is 0.601. The van der Waals surface area contributed by atoms with E-state index in [0.29, 0.717) is 11.6 Å². The predicted molar refractivity (Wildman–Crippen MR) is 57.6 cm³/mol. The Balaban J connectivity index is 1.96. The number of hydroxylamine groups is 2. The molecule has 1 atom stereocenters. The highest BCUT2D eigenvalue weighted by atomic mass is 16.7. The van der Waals surface area contributed by atoms with Crippen LogP contribution in [0, 0.1) is 0 Å². The second-order valence-electron chi connectivity index (χ2n) is 4.48. The topological polar surface area (TPSA) is 66.9 Å². The molecule has 2 heterocycles. The third-order valence-corrected chi connectivity index (χ3v) is 3.21. The number of carbonyl (C=O) groups is 3. The van der Waals surface area contributed by atoms with Gasteiger partial charge in [0.05, 0.1) is 0 Å². The van der Waals surface area contributed by atoms with Crippen LogP contribution in [0.15, 0.2) is 0 Å². The third-order valence-electron chi connectivity index (χ3n) is 3.21. The monoisotopic (exact) mass is 240 g/mol. The normalized spacial score (nSPS) is 25.4. The Morgan fingerprint density at radius 2 is 1.88 bits per heavy atom. The molecule has 0 aromatic carbocycles. The van der Waals surface area contributed by atoms with Crippen LogP contribution in [0.2, 0.25) is 0 Å². The minimum Gasteiger partial charge on any atom is -0.311 e. The highest BCUT2D eigenvalue weighted by Crippen LogP contribution is 2.19. The molecule has 0 bridgehead atoms. The molecule has 94 valence electrons. The number of carbonyl (C=O) groups excluding carboxylic acids is 3. The molecular weight excluding hydrogens is 224 g/mol. The van der Waals surface area contributed by atoms with Gasteiger partial charge in [-0.15, -0.1) is 5.06 Å². The van der Waals surface area contributed by atoms with E-state index in [1.54, 1.807) is 4.90 Å². The van der Waals surface area contributed by atoms with Crippen molar-refractivity contribution >= 4 is 17.9 Å². The molecule has 3 amide bonds. The Kier molecular flexibility index (Phi) is 3.31. The largest absolute Gasteiger partial charge is 0.435 e. The molecule has 0 spiro atoms. The van der Waals surface area contributed by atoms with Crippen molar-refractivity contribution in [2.24, 2.45) is 0 Å². The minimum absolute atomic E-state index is 0.101. The number of piperidine rings is 1. The molecule has 6 heteroatoms. The Bertz CT molecular complexity index is 339. The van der Waals surface area contributed by atoms with Gasteiger partial charge in [-0.3, -0.25) is 9.59 Å². The number of hydrogen-bond donors (Lipinski definition) is 0. The molecule has 6 nitrogen and oxygen atoms in total. The van der Waals surface area contributed by atoms with Gasteiger partial charge in [-0.05, 0) is 26.2 Å². The van der Waals surface area contributed by atoms with E-state index in [0.717, 1.165) is 19.3 Å². The van der Waals surface area contributed by atoms with Crippen LogP contribution in [0.5, 0.6) is 0 Å². The molecule has 0 unspecified atom stereocenters. The lowest BCUT2D eigenvalue weighted by atomic mass is 10.0. The molecular formula is C11H16N2O4. The molecule has 2 rings (SSSR count). The van der Waals surface area contributed by atoms with Gasteiger partial charge in [0, 0.05) is 25.4 Å². The summed E-state index contributed by atoms with van der Waals surface area (Å²) < 4.78 is 0. The average Bonchev–Trinajstić information content (AvgIpc) is 2.61. The van der Waals surface area contributed by atoms with Gasteiger partial charge in [0.1, 0.15) is 0 Å². The SMILES string of the molecule is C[C@H]1CCCCN1C(=O)ON1C(=O)CCC1=O. The smallest absolute Gasteiger partial charge is 0.311 e. The summed E-state index contributed by atoms with van der Waals surface area (Å²) in [6, 6.07) is 0.101. The summed E-state index contributed by atoms with van der Waals surface area (Å²) in [6.45, 7) is 2.56. The molecule has 0 radical (unpaired) electrons. The van der Waals surface area contributed by atoms with Crippen molar-refractivity contribution in [1.82, 2.24) is 9.96 Å². The van der Waals surface area contributed by atoms with Gasteiger partial charge in [0.25, 0.3) is 11.8 Å². The first kappa shape index (κ1) is 11.9. The summed E-state index contributed by atoms with van der Waals surface area (Å²) in [5.74, 6) is -0.874. The lowest BCUT2D eigenvalue weighted by Gasteiger charge is -2.32. The lowest BCUT2D eigenvalue weighted by Crippen LogP contribution is -2.45. The Labute approximate surface area is 99.4 Å². The summed E-state index contributed by atoms with van der Waals surface area (Å²) in [7, 11) is 0. The zero-order valence-electron chi connectivity index (χ0n) is 9.85. The van der Waals surface area contributed by atoms with Crippen LogP contribution in [0.1, 0.15) is 39.0 Å². The highest BCUT2D eigenvalue weighted by molar-refractivity contribution is 6.01. The van der Waals surface area contributed by atoms with Crippen LogP contribution in [0.4, 0.5) is 4.79 Å². The average molecular weight is 240 g/mol. The molecule has 0 aromatic heterocycles. The molecule has 2 saturated heterocycles. The van der Waals surface area contributed by atoms with Crippen LogP contribution in [-0.4, -0.2) is 40.5 Å². The van der Waals surface area contributed by atoms with Gasteiger partial charge in [-0.2, -0.15) is 0 Å². The maximum Gasteiger partial charge on any atom is 0.435 e. The van der Waals surface area contributed by atoms with Crippen molar-refractivity contribution < 1.29 is 19.2 Å². The van der Waals surface area contributed by atoms with Crippen molar-refractivity contribution in [3.8, 4) is 0 Å². The minimum atomic E-state index is -0.596. The number of imide groups is 1. The van der Waals surface area contributed by atoms with Gasteiger partial charge in [-0.1, -0.05) is 0 Å². The van der Waals surface area contributed by atoms with E-state index in [-0.39, 0.29) is 18.9 Å². The Morgan fingerprint density at radius 3 is 2.47 bits per heavy atom. The van der Waals surface area contributed by atoms with Gasteiger partial charge in [0.15, 0.2) is 0 Å². The fraction of sp³-hybridized carbons (Fsp3) is 0.727. The zero-order chi connectivity index (χ0) is 12.4. The van der Waals surface area contributed by atoms with E-state index < -0.39 is 17.9 Å². The fourth-order valence-corrected chi connectivity index (χ4v) is 2.16. The molecule has 2 aliphatic heterocycles. The van der Waals surface area contributed by atoms with Crippen LogP contribution in [0.3, 0.4) is 0 Å². The molecule has 0 saturated carbocycles. The first-order valence-corrected chi connectivity index (χ1v) is 5.94. The van der Waals surface area contributed by atoms with Crippen LogP contribution in [-0.2, 0) is 14.4 Å². The summed E-state index contributed by atoms with van der Waals surface area (Å²) in [5.41, 5.74) is 0. The van der Waals surface area contributed by atoms with Crippen molar-refractivity contribution in [3.63, 3.8) is 0 Å². The lowest BCUT2D eigenvalue weighted by molar-refractivity contribution is -0.174. The number of likely N-dealkylation sites (tertiary alicyclic amines) is 1. The van der Waals surface area contributed by atoms with Crippen LogP contribution >= 0.6 is 0 Å². The number of nitrogens with zero attached hydrogens (tertiary/aromatic N) is 2. The summed E-state index contributed by atoms with van der Waals surface area (Å²) in [6.07, 6.45) is 2.61. The van der Waals surface area contributed by atoms with E-state index in [1.165, 1.54) is 0 Å². The van der Waals surface area contributed by atoms with Crippen molar-refractivity contribution in [3.05, 3.63) is 0 Å². The van der Waals surface area contributed by atoms with Crippen molar-refractivity contribution in [2.75, 3.05) is 6.54 Å². The highest BCUT2D eigenvalue weighted by Gasteiger charge is 2.35. The number of amides is 3. The van der Waals surface area contributed by atoms with Gasteiger partial charge in [0.2, 0.25) is 0 Å². The molecule has 0 aliphatic carbocycles. The fourth-order valence-electron chi connectivity index (χ4n) is 2.16. The first-order chi connectivity index (χ1) is 8.09. The van der Waals surface area contributed by atoms with Crippen molar-refractivity contribution in [2.45, 2.75) is 45.1 Å². The predicted octanol–water partition coefficient (Wildman–Crippen LogP) is 1.06. The van der Waals surface area contributed by atoms with Crippen molar-refractivity contribution in [1.29, 1.82) is 0 Å². The molecule has 17 heavy (non-hydrogen) atoms. The summed E-state index contributed by atoms with van der Waals surface area (Å²) in [4.78, 5) is 40.8. The van der Waals surface area contributed by atoms with E-state index in [1.807, 2.05) is 6.92 Å². The number of hydrogen-bond acceptors (Lipinski definition) is 4.